The van der Waals surface area contributed by atoms with Crippen LogP contribution in [0.15, 0.2) is 6.08 Å². The van der Waals surface area contributed by atoms with E-state index in [1.54, 1.807) is 29.6 Å². The van der Waals surface area contributed by atoms with Crippen LogP contribution < -0.4 is 5.32 Å². The average molecular weight is 360 g/mol. The predicted octanol–water partition coefficient (Wildman–Crippen LogP) is 4.17. The summed E-state index contributed by atoms with van der Waals surface area (Å²) in [7, 11) is 2.17. The van der Waals surface area contributed by atoms with E-state index in [-0.39, 0.29) is 5.91 Å². The van der Waals surface area contributed by atoms with E-state index in [9.17, 15) is 4.79 Å². The van der Waals surface area contributed by atoms with Gasteiger partial charge in [0, 0.05) is 28.8 Å². The van der Waals surface area contributed by atoms with Gasteiger partial charge in [-0.15, -0.1) is 22.7 Å². The summed E-state index contributed by atoms with van der Waals surface area (Å²) in [6.45, 7) is 3.65. The molecule has 0 spiro atoms. The highest BCUT2D eigenvalue weighted by atomic mass is 32.1. The highest BCUT2D eigenvalue weighted by Crippen LogP contribution is 2.45. The Kier molecular flexibility index (Phi) is 4.28. The number of thiophene rings is 1. The van der Waals surface area contributed by atoms with Crippen molar-refractivity contribution < 1.29 is 4.79 Å². The van der Waals surface area contributed by atoms with E-state index in [0.29, 0.717) is 0 Å². The molecular formula is C18H21N3OS2. The molecule has 2 aromatic heterocycles. The summed E-state index contributed by atoms with van der Waals surface area (Å²) in [5.74, 6) is -0.0118. The van der Waals surface area contributed by atoms with Gasteiger partial charge in [-0.25, -0.2) is 4.98 Å². The van der Waals surface area contributed by atoms with Crippen molar-refractivity contribution in [3.63, 3.8) is 0 Å². The highest BCUT2D eigenvalue weighted by Gasteiger charge is 2.26. The third-order valence-corrected chi connectivity index (χ3v) is 6.80. The molecule has 0 atom stereocenters. The van der Waals surface area contributed by atoms with Crippen LogP contribution in [0.25, 0.3) is 16.6 Å². The normalized spacial score (nSPS) is 17.2. The minimum atomic E-state index is -0.0118. The topological polar surface area (TPSA) is 45.2 Å². The number of aryl methyl sites for hydroxylation is 1. The van der Waals surface area contributed by atoms with Gasteiger partial charge in [-0.2, -0.15) is 0 Å². The van der Waals surface area contributed by atoms with Gasteiger partial charge in [-0.05, 0) is 50.9 Å². The van der Waals surface area contributed by atoms with Crippen LogP contribution in [0.2, 0.25) is 0 Å². The van der Waals surface area contributed by atoms with Gasteiger partial charge in [0.25, 0.3) is 0 Å². The molecule has 0 aromatic carbocycles. The maximum Gasteiger partial charge on any atom is 0.221 e. The van der Waals surface area contributed by atoms with Crippen LogP contribution in [0, 0.1) is 0 Å². The molecule has 0 saturated heterocycles. The minimum Gasteiger partial charge on any atom is -0.317 e. The Morgan fingerprint density at radius 3 is 2.96 bits per heavy atom. The van der Waals surface area contributed by atoms with E-state index < -0.39 is 0 Å². The smallest absolute Gasteiger partial charge is 0.221 e. The number of thiazole rings is 1. The van der Waals surface area contributed by atoms with E-state index >= 15 is 0 Å². The van der Waals surface area contributed by atoms with Crippen LogP contribution in [-0.2, 0) is 24.2 Å². The zero-order valence-corrected chi connectivity index (χ0v) is 15.6. The van der Waals surface area contributed by atoms with Crippen LogP contribution in [0.5, 0.6) is 0 Å². The Balaban J connectivity index is 1.84. The second kappa shape index (κ2) is 6.43. The van der Waals surface area contributed by atoms with Crippen LogP contribution in [0.3, 0.4) is 0 Å². The minimum absolute atomic E-state index is 0.0118. The van der Waals surface area contributed by atoms with Gasteiger partial charge in [0.2, 0.25) is 5.91 Å². The molecule has 2 aliphatic rings. The molecule has 1 aliphatic carbocycles. The maximum absolute atomic E-state index is 11.7. The van der Waals surface area contributed by atoms with Crippen molar-refractivity contribution in [2.75, 3.05) is 18.9 Å². The molecule has 1 amide bonds. The number of nitrogens with zero attached hydrogens (tertiary/aromatic N) is 2. The highest BCUT2D eigenvalue weighted by molar-refractivity contribution is 7.19. The fourth-order valence-electron chi connectivity index (χ4n) is 3.42. The molecular weight excluding hydrogens is 338 g/mol. The summed E-state index contributed by atoms with van der Waals surface area (Å²) in [5, 5.41) is 5.09. The molecule has 0 radical (unpaired) electrons. The molecule has 4 nitrogen and oxygen atoms in total. The van der Waals surface area contributed by atoms with Crippen molar-refractivity contribution in [3.05, 3.63) is 27.1 Å². The molecule has 0 bridgehead atoms. The number of allylic oxidation sites excluding steroid dienone is 1. The quantitative estimate of drug-likeness (QED) is 0.875. The van der Waals surface area contributed by atoms with E-state index in [4.69, 9.17) is 4.98 Å². The van der Waals surface area contributed by atoms with Crippen molar-refractivity contribution in [1.82, 2.24) is 9.88 Å². The first-order valence-corrected chi connectivity index (χ1v) is 10.0. The Morgan fingerprint density at radius 2 is 2.17 bits per heavy atom. The summed E-state index contributed by atoms with van der Waals surface area (Å²) in [6, 6.07) is 0. The number of carbonyl (C=O) groups is 1. The predicted molar refractivity (Wildman–Crippen MR) is 102 cm³/mol. The summed E-state index contributed by atoms with van der Waals surface area (Å²) >= 11 is 3.52. The SMILES string of the molecule is CC(=O)Nc1sc2c(c1-c1nc3c(s1)CCC=C3)CCCN(C)C2. The summed E-state index contributed by atoms with van der Waals surface area (Å²) in [6.07, 6.45) is 8.72. The number of rotatable bonds is 2. The molecule has 1 N–H and O–H groups in total. The largest absolute Gasteiger partial charge is 0.317 e. The number of anilines is 1. The first kappa shape index (κ1) is 16.0. The van der Waals surface area contributed by atoms with Crippen LogP contribution >= 0.6 is 22.7 Å². The van der Waals surface area contributed by atoms with Gasteiger partial charge in [0.15, 0.2) is 0 Å². The van der Waals surface area contributed by atoms with Gasteiger partial charge < -0.3 is 10.2 Å². The maximum atomic E-state index is 11.7. The average Bonchev–Trinajstić information content (AvgIpc) is 3.03. The van der Waals surface area contributed by atoms with E-state index in [0.717, 1.165) is 54.5 Å². The Hall–Kier alpha value is -1.50. The number of carbonyl (C=O) groups excluding carboxylic acids is 1. The van der Waals surface area contributed by atoms with Gasteiger partial charge in [0.1, 0.15) is 10.0 Å². The van der Waals surface area contributed by atoms with Crippen molar-refractivity contribution >= 4 is 39.7 Å². The molecule has 24 heavy (non-hydrogen) atoms. The van der Waals surface area contributed by atoms with Crippen molar-refractivity contribution in [1.29, 1.82) is 0 Å². The zero-order valence-electron chi connectivity index (χ0n) is 14.0. The number of hydrogen-bond donors (Lipinski definition) is 1. The lowest BCUT2D eigenvalue weighted by Gasteiger charge is -2.11. The number of aromatic nitrogens is 1. The van der Waals surface area contributed by atoms with Crippen molar-refractivity contribution in [2.45, 2.75) is 39.2 Å². The molecule has 3 heterocycles. The zero-order chi connectivity index (χ0) is 16.7. The third-order valence-electron chi connectivity index (χ3n) is 4.52. The van der Waals surface area contributed by atoms with Crippen molar-refractivity contribution in [2.24, 2.45) is 0 Å². The Morgan fingerprint density at radius 1 is 1.29 bits per heavy atom. The van der Waals surface area contributed by atoms with E-state index in [1.807, 2.05) is 0 Å². The van der Waals surface area contributed by atoms with Gasteiger partial charge in [-0.1, -0.05) is 6.08 Å². The summed E-state index contributed by atoms with van der Waals surface area (Å²) in [5.41, 5.74) is 3.68. The first-order chi connectivity index (χ1) is 11.6. The molecule has 0 saturated carbocycles. The van der Waals surface area contributed by atoms with E-state index in [1.165, 1.54) is 20.9 Å². The second-order valence-corrected chi connectivity index (χ2v) is 8.69. The number of fused-ring (bicyclic) bond motifs is 2. The Labute approximate surface area is 150 Å². The molecule has 2 aromatic rings. The van der Waals surface area contributed by atoms with Crippen molar-refractivity contribution in [3.8, 4) is 10.6 Å². The lowest BCUT2D eigenvalue weighted by molar-refractivity contribution is -0.114. The summed E-state index contributed by atoms with van der Waals surface area (Å²) < 4.78 is 0. The number of hydrogen-bond acceptors (Lipinski definition) is 5. The molecule has 0 fully saturated rings. The van der Waals surface area contributed by atoms with Gasteiger partial charge >= 0.3 is 0 Å². The van der Waals surface area contributed by atoms with Crippen LogP contribution in [-0.4, -0.2) is 29.4 Å². The van der Waals surface area contributed by atoms with E-state index in [2.05, 4.69) is 29.4 Å². The standard InChI is InChI=1S/C18H21N3OS2/c1-11(22)19-17-16(12-6-5-9-21(2)10-15(12)24-17)18-20-13-7-3-4-8-14(13)23-18/h3,7H,4-6,8-10H2,1-2H3,(H,19,22). The molecule has 4 rings (SSSR count). The molecule has 0 unspecified atom stereocenters. The van der Waals surface area contributed by atoms with Crippen LogP contribution in [0.4, 0.5) is 5.00 Å². The molecule has 6 heteroatoms. The fraction of sp³-hybridized carbons (Fsp3) is 0.444. The number of amides is 1. The molecule has 126 valence electrons. The fourth-order valence-corrected chi connectivity index (χ4v) is 6.00. The summed E-state index contributed by atoms with van der Waals surface area (Å²) in [4.78, 5) is 21.7. The van der Waals surface area contributed by atoms with Crippen LogP contribution in [0.1, 0.15) is 40.8 Å². The van der Waals surface area contributed by atoms with Gasteiger partial charge in [0.05, 0.1) is 5.69 Å². The Bertz CT molecular complexity index is 819. The third kappa shape index (κ3) is 2.94. The first-order valence-electron chi connectivity index (χ1n) is 8.39. The van der Waals surface area contributed by atoms with Gasteiger partial charge in [-0.3, -0.25) is 4.79 Å². The molecule has 1 aliphatic heterocycles. The lowest BCUT2D eigenvalue weighted by atomic mass is 10.1. The lowest BCUT2D eigenvalue weighted by Crippen LogP contribution is -2.16. The second-order valence-electron chi connectivity index (χ2n) is 6.50. The number of nitrogens with one attached hydrogen (secondary N) is 1. The monoisotopic (exact) mass is 359 g/mol.